The summed E-state index contributed by atoms with van der Waals surface area (Å²) in [5.74, 6) is 0.0561. The number of ether oxygens (including phenoxy) is 6. The number of carbonyl (C=O) groups is 3. The lowest BCUT2D eigenvalue weighted by atomic mass is 9.97. The molecule has 3 aliphatic heterocycles. The monoisotopic (exact) mass is 699 g/mol. The van der Waals surface area contributed by atoms with Crippen molar-refractivity contribution in [3.8, 4) is 11.5 Å². The van der Waals surface area contributed by atoms with Crippen LogP contribution in [-0.2, 0) is 45.8 Å². The van der Waals surface area contributed by atoms with Crippen LogP contribution in [0.4, 0.5) is 4.79 Å². The highest BCUT2D eigenvalue weighted by molar-refractivity contribution is 8.01. The van der Waals surface area contributed by atoms with Gasteiger partial charge in [0.05, 0.1) is 6.10 Å². The molecule has 0 bridgehead atoms. The van der Waals surface area contributed by atoms with E-state index in [2.05, 4.69) is 13.8 Å². The fourth-order valence-corrected chi connectivity index (χ4v) is 8.55. The maximum absolute atomic E-state index is 12.7. The second-order valence-corrected chi connectivity index (χ2v) is 17.1. The Morgan fingerprint density at radius 1 is 1.06 bits per heavy atom. The van der Waals surface area contributed by atoms with Crippen molar-refractivity contribution in [2.45, 2.75) is 140 Å². The summed E-state index contributed by atoms with van der Waals surface area (Å²) < 4.78 is 43.0. The van der Waals surface area contributed by atoms with Gasteiger partial charge in [-0.05, 0) is 58.2 Å². The number of hydrogen-bond acceptors (Lipinski definition) is 11. The number of methoxy groups -OCH3 is 1. The zero-order valence-electron chi connectivity index (χ0n) is 29.3. The predicted octanol–water partition coefficient (Wildman–Crippen LogP) is 6.36. The van der Waals surface area contributed by atoms with Crippen LogP contribution in [0.25, 0.3) is 0 Å². The van der Waals surface area contributed by atoms with E-state index in [4.69, 9.17) is 28.4 Å². The predicted molar refractivity (Wildman–Crippen MR) is 182 cm³/mol. The molecule has 0 N–H and O–H groups in total. The average Bonchev–Trinajstić information content (AvgIpc) is 3.53. The van der Waals surface area contributed by atoms with Crippen LogP contribution in [0.3, 0.4) is 0 Å². The lowest BCUT2D eigenvalue weighted by Crippen LogP contribution is -2.66. The van der Waals surface area contributed by atoms with Crippen molar-refractivity contribution in [1.82, 2.24) is 4.90 Å². The summed E-state index contributed by atoms with van der Waals surface area (Å²) in [4.78, 5) is 38.0. The van der Waals surface area contributed by atoms with Crippen LogP contribution in [0.15, 0.2) is 18.2 Å². The van der Waals surface area contributed by atoms with Crippen LogP contribution in [0.1, 0.15) is 99.5 Å². The summed E-state index contributed by atoms with van der Waals surface area (Å²) >= 11 is 1.49. The van der Waals surface area contributed by atoms with Gasteiger partial charge in [0, 0.05) is 47.5 Å². The number of benzene rings is 1. The van der Waals surface area contributed by atoms with Gasteiger partial charge in [0.15, 0.2) is 17.6 Å². The first kappa shape index (κ1) is 38.9. The largest absolute Gasteiger partial charge is 0.511 e. The molecule has 11 nitrogen and oxygen atoms in total. The van der Waals surface area contributed by atoms with Crippen LogP contribution >= 0.6 is 11.8 Å². The molecule has 3 heterocycles. The molecular weight excluding hydrogens is 647 g/mol. The highest BCUT2D eigenvalue weighted by Gasteiger charge is 2.65. The summed E-state index contributed by atoms with van der Waals surface area (Å²) in [5.41, 5.74) is 1.17. The van der Waals surface area contributed by atoms with Gasteiger partial charge >= 0.3 is 12.1 Å². The SMILES string of the molecule is CCCCCCCCS(=O)C(C)Cc1ccc2c(c1)OCO2.CO[C@@H]1C(=O)N2[C@@H]1SC(C)(C)[C@@H]2C(=O)OC(C)(C)OC(=O)OC(C)C. The molecular formula is C34H53NO10S2. The van der Waals surface area contributed by atoms with Gasteiger partial charge in [0.1, 0.15) is 11.4 Å². The maximum Gasteiger partial charge on any atom is 0.511 e. The van der Waals surface area contributed by atoms with Gasteiger partial charge in [-0.3, -0.25) is 9.00 Å². The van der Waals surface area contributed by atoms with Gasteiger partial charge in [-0.2, -0.15) is 0 Å². The number of hydrogen-bond donors (Lipinski definition) is 0. The average molecular weight is 700 g/mol. The first-order valence-corrected chi connectivity index (χ1v) is 18.8. The number of esters is 1. The molecule has 2 fully saturated rings. The molecule has 0 aliphatic carbocycles. The molecule has 1 aromatic rings. The molecule has 0 saturated carbocycles. The molecule has 5 atom stereocenters. The van der Waals surface area contributed by atoms with Crippen molar-refractivity contribution in [3.63, 3.8) is 0 Å². The highest BCUT2D eigenvalue weighted by atomic mass is 32.2. The topological polar surface area (TPSA) is 127 Å². The molecule has 13 heteroatoms. The van der Waals surface area contributed by atoms with E-state index in [9.17, 15) is 18.6 Å². The third-order valence-corrected chi connectivity index (χ3v) is 11.3. The number of carbonyl (C=O) groups excluding carboxylic acids is 3. The Morgan fingerprint density at radius 2 is 1.72 bits per heavy atom. The lowest BCUT2D eigenvalue weighted by Gasteiger charge is -2.43. The van der Waals surface area contributed by atoms with E-state index in [1.807, 2.05) is 32.0 Å². The molecule has 2 saturated heterocycles. The van der Waals surface area contributed by atoms with Crippen molar-refractivity contribution in [3.05, 3.63) is 23.8 Å². The molecule has 0 spiro atoms. The van der Waals surface area contributed by atoms with Crippen LogP contribution < -0.4 is 9.47 Å². The van der Waals surface area contributed by atoms with E-state index >= 15 is 0 Å². The zero-order chi connectivity index (χ0) is 34.9. The zero-order valence-corrected chi connectivity index (χ0v) is 31.0. The minimum absolute atomic E-state index is 0.191. The minimum Gasteiger partial charge on any atom is -0.454 e. The molecule has 4 rings (SSSR count). The number of nitrogens with zero attached hydrogens (tertiary/aromatic N) is 1. The summed E-state index contributed by atoms with van der Waals surface area (Å²) in [6.45, 7) is 14.6. The molecule has 1 amide bonds. The smallest absolute Gasteiger partial charge is 0.454 e. The number of fused-ring (bicyclic) bond motifs is 2. The van der Waals surface area contributed by atoms with Gasteiger partial charge in [0.25, 0.3) is 11.7 Å². The Morgan fingerprint density at radius 3 is 2.38 bits per heavy atom. The normalized spacial score (nSPS) is 22.0. The third kappa shape index (κ3) is 10.7. The van der Waals surface area contributed by atoms with Crippen LogP contribution in [0.2, 0.25) is 0 Å². The Labute approximate surface area is 286 Å². The van der Waals surface area contributed by atoms with Crippen LogP contribution in [0.5, 0.6) is 11.5 Å². The highest BCUT2D eigenvalue weighted by Crippen LogP contribution is 2.52. The number of rotatable bonds is 15. The fraction of sp³-hybridized carbons (Fsp3) is 0.735. The second kappa shape index (κ2) is 17.2. The van der Waals surface area contributed by atoms with Crippen LogP contribution in [-0.4, -0.2) is 86.2 Å². The third-order valence-electron chi connectivity index (χ3n) is 7.98. The van der Waals surface area contributed by atoms with Gasteiger partial charge in [-0.1, -0.05) is 52.0 Å². The minimum atomic E-state index is -1.52. The number of thioether (sulfide) groups is 1. The van der Waals surface area contributed by atoms with E-state index in [1.54, 1.807) is 13.8 Å². The molecule has 0 aromatic heterocycles. The van der Waals surface area contributed by atoms with Gasteiger partial charge in [-0.15, -0.1) is 11.8 Å². The summed E-state index contributed by atoms with van der Waals surface area (Å²) in [5, 5.41) is -0.0315. The van der Waals surface area contributed by atoms with Crippen molar-refractivity contribution >= 4 is 40.6 Å². The van der Waals surface area contributed by atoms with Crippen LogP contribution in [0, 0.1) is 0 Å². The summed E-state index contributed by atoms with van der Waals surface area (Å²) in [6, 6.07) is 5.22. The first-order chi connectivity index (χ1) is 22.1. The van der Waals surface area contributed by atoms with Crippen molar-refractivity contribution < 1.29 is 47.0 Å². The van der Waals surface area contributed by atoms with Crippen molar-refractivity contribution in [1.29, 1.82) is 0 Å². The Hall–Kier alpha value is -2.51. The van der Waals surface area contributed by atoms with Crippen molar-refractivity contribution in [2.24, 2.45) is 0 Å². The van der Waals surface area contributed by atoms with E-state index in [-0.39, 0.29) is 22.6 Å². The maximum atomic E-state index is 12.7. The fourth-order valence-electron chi connectivity index (χ4n) is 5.63. The number of amides is 1. The molecule has 266 valence electrons. The first-order valence-electron chi connectivity index (χ1n) is 16.5. The van der Waals surface area contributed by atoms with E-state index in [1.165, 1.54) is 75.3 Å². The van der Waals surface area contributed by atoms with Gasteiger partial charge in [-0.25, -0.2) is 9.59 Å². The molecule has 0 radical (unpaired) electrons. The lowest BCUT2D eigenvalue weighted by molar-refractivity contribution is -0.211. The van der Waals surface area contributed by atoms with E-state index < -0.39 is 45.6 Å². The molecule has 1 aromatic carbocycles. The molecule has 2 unspecified atom stereocenters. The van der Waals surface area contributed by atoms with Crippen molar-refractivity contribution in [2.75, 3.05) is 19.7 Å². The van der Waals surface area contributed by atoms with E-state index in [0.29, 0.717) is 6.79 Å². The number of β-lactam (4-membered cyclic amide) rings is 1. The van der Waals surface area contributed by atoms with E-state index in [0.717, 1.165) is 30.1 Å². The number of unbranched alkanes of at least 4 members (excludes halogenated alkanes) is 5. The second-order valence-electron chi connectivity index (χ2n) is 13.3. The Balaban J connectivity index is 0.000000257. The Kier molecular flexibility index (Phi) is 14.3. The molecule has 3 aliphatic rings. The molecule has 47 heavy (non-hydrogen) atoms. The van der Waals surface area contributed by atoms with Gasteiger partial charge < -0.3 is 33.3 Å². The Bertz CT molecular complexity index is 1250. The standard InChI is InChI=1S/C18H28O3S.C16H25NO7S/c1-3-4-5-6-7-8-11-22(19)15(2)12-16-9-10-17-18(13-16)21-14-20-17;1-8(2)22-14(20)24-16(5,6)23-13(19)10-15(3,4)25-12-9(21-7)11(18)17(10)12/h9-10,13,15H,3-8,11-12,14H2,1-2H3;8-10,12H,1-7H3/t;9-,10+,12-/m.1/s1. The summed E-state index contributed by atoms with van der Waals surface area (Å²) in [7, 11) is 0.726. The van der Waals surface area contributed by atoms with Gasteiger partial charge in [0.2, 0.25) is 6.79 Å². The summed E-state index contributed by atoms with van der Waals surface area (Å²) in [6.07, 6.45) is 6.50. The quantitative estimate of drug-likeness (QED) is 0.0879.